The molecule has 1 aromatic heterocycles. The number of hydrogen-bond acceptors (Lipinski definition) is 2. The summed E-state index contributed by atoms with van der Waals surface area (Å²) < 4.78 is 0. The zero-order valence-corrected chi connectivity index (χ0v) is 8.43. The first kappa shape index (κ1) is 9.01. The normalized spacial score (nSPS) is 10.5. The zero-order chi connectivity index (χ0) is 8.27. The number of halogens is 1. The number of aromatic nitrogens is 1. The molecule has 11 heavy (non-hydrogen) atoms. The SMILES string of the molecule is Cc1nc(CCCCl)sc1C. The van der Waals surface area contributed by atoms with Gasteiger partial charge in [0.05, 0.1) is 10.7 Å². The van der Waals surface area contributed by atoms with Gasteiger partial charge in [-0.3, -0.25) is 0 Å². The third-order valence-electron chi connectivity index (χ3n) is 1.60. The molecule has 1 heterocycles. The molecule has 0 saturated carbocycles. The van der Waals surface area contributed by atoms with Gasteiger partial charge in [0.15, 0.2) is 0 Å². The molecule has 0 atom stereocenters. The Balaban J connectivity index is 2.58. The predicted octanol–water partition coefficient (Wildman–Crippen LogP) is 2.93. The largest absolute Gasteiger partial charge is 0.246 e. The highest BCUT2D eigenvalue weighted by molar-refractivity contribution is 7.11. The van der Waals surface area contributed by atoms with Crippen molar-refractivity contribution in [2.45, 2.75) is 26.7 Å². The summed E-state index contributed by atoms with van der Waals surface area (Å²) in [7, 11) is 0. The molecule has 3 heteroatoms. The molecule has 62 valence electrons. The van der Waals surface area contributed by atoms with Crippen LogP contribution in [0.25, 0.3) is 0 Å². The van der Waals surface area contributed by atoms with Gasteiger partial charge in [-0.15, -0.1) is 22.9 Å². The van der Waals surface area contributed by atoms with Crippen molar-refractivity contribution in [3.63, 3.8) is 0 Å². The molecule has 0 radical (unpaired) electrons. The van der Waals surface area contributed by atoms with E-state index in [9.17, 15) is 0 Å². The fourth-order valence-corrected chi connectivity index (χ4v) is 1.97. The second-order valence-electron chi connectivity index (χ2n) is 2.54. The lowest BCUT2D eigenvalue weighted by molar-refractivity contribution is 0.909. The number of thiazole rings is 1. The fraction of sp³-hybridized carbons (Fsp3) is 0.625. The van der Waals surface area contributed by atoms with Crippen LogP contribution in [0, 0.1) is 13.8 Å². The van der Waals surface area contributed by atoms with E-state index < -0.39 is 0 Å². The zero-order valence-electron chi connectivity index (χ0n) is 6.85. The van der Waals surface area contributed by atoms with Crippen molar-refractivity contribution in [2.24, 2.45) is 0 Å². The molecule has 0 amide bonds. The Morgan fingerprint density at radius 2 is 2.18 bits per heavy atom. The third-order valence-corrected chi connectivity index (χ3v) is 3.00. The molecule has 0 spiro atoms. The van der Waals surface area contributed by atoms with E-state index in [1.807, 2.05) is 0 Å². The summed E-state index contributed by atoms with van der Waals surface area (Å²) in [6, 6.07) is 0. The molecule has 1 rings (SSSR count). The van der Waals surface area contributed by atoms with Crippen molar-refractivity contribution < 1.29 is 0 Å². The molecule has 1 aromatic rings. The smallest absolute Gasteiger partial charge is 0.0931 e. The van der Waals surface area contributed by atoms with Gasteiger partial charge in [0.1, 0.15) is 0 Å². The Labute approximate surface area is 76.4 Å². The molecular formula is C8H12ClNS. The molecule has 0 aliphatic rings. The average molecular weight is 190 g/mol. The van der Waals surface area contributed by atoms with E-state index in [1.165, 1.54) is 15.6 Å². The maximum Gasteiger partial charge on any atom is 0.0931 e. The summed E-state index contributed by atoms with van der Waals surface area (Å²) in [4.78, 5) is 5.74. The van der Waals surface area contributed by atoms with Gasteiger partial charge in [-0.1, -0.05) is 0 Å². The highest BCUT2D eigenvalue weighted by Crippen LogP contribution is 2.17. The number of nitrogens with zero attached hydrogens (tertiary/aromatic N) is 1. The minimum atomic E-state index is 0.734. The Bertz CT molecular complexity index is 212. The number of hydrogen-bond donors (Lipinski definition) is 0. The molecular weight excluding hydrogens is 178 g/mol. The highest BCUT2D eigenvalue weighted by atomic mass is 35.5. The minimum Gasteiger partial charge on any atom is -0.246 e. The Morgan fingerprint density at radius 1 is 1.45 bits per heavy atom. The molecule has 0 saturated heterocycles. The Morgan fingerprint density at radius 3 is 2.64 bits per heavy atom. The van der Waals surface area contributed by atoms with Crippen LogP contribution < -0.4 is 0 Å². The first-order valence-electron chi connectivity index (χ1n) is 3.73. The van der Waals surface area contributed by atoms with Crippen LogP contribution in [0.4, 0.5) is 0 Å². The summed E-state index contributed by atoms with van der Waals surface area (Å²) in [5.74, 6) is 0.734. The lowest BCUT2D eigenvalue weighted by Crippen LogP contribution is -1.84. The Hall–Kier alpha value is -0.0800. The molecule has 1 nitrogen and oxygen atoms in total. The average Bonchev–Trinajstić information content (AvgIpc) is 2.28. The van der Waals surface area contributed by atoms with E-state index in [0.29, 0.717) is 0 Å². The van der Waals surface area contributed by atoms with E-state index >= 15 is 0 Å². The van der Waals surface area contributed by atoms with Gasteiger partial charge in [-0.2, -0.15) is 0 Å². The van der Waals surface area contributed by atoms with Crippen molar-refractivity contribution in [1.82, 2.24) is 4.98 Å². The van der Waals surface area contributed by atoms with Gasteiger partial charge in [0, 0.05) is 17.2 Å². The van der Waals surface area contributed by atoms with Gasteiger partial charge in [0.25, 0.3) is 0 Å². The number of rotatable bonds is 3. The van der Waals surface area contributed by atoms with Crippen LogP contribution in [0.2, 0.25) is 0 Å². The maximum absolute atomic E-state index is 5.57. The van der Waals surface area contributed by atoms with E-state index in [-0.39, 0.29) is 0 Å². The highest BCUT2D eigenvalue weighted by Gasteiger charge is 2.01. The van der Waals surface area contributed by atoms with Gasteiger partial charge in [-0.25, -0.2) is 4.98 Å². The first-order chi connectivity index (χ1) is 5.24. The minimum absolute atomic E-state index is 0.734. The van der Waals surface area contributed by atoms with Gasteiger partial charge in [0.2, 0.25) is 0 Å². The van der Waals surface area contributed by atoms with Gasteiger partial charge >= 0.3 is 0 Å². The van der Waals surface area contributed by atoms with Crippen LogP contribution in [0.3, 0.4) is 0 Å². The summed E-state index contributed by atoms with van der Waals surface area (Å²) >= 11 is 7.36. The van der Waals surface area contributed by atoms with Gasteiger partial charge in [-0.05, 0) is 20.3 Å². The molecule has 0 N–H and O–H groups in total. The quantitative estimate of drug-likeness (QED) is 0.667. The monoisotopic (exact) mass is 189 g/mol. The third kappa shape index (κ3) is 2.46. The topological polar surface area (TPSA) is 12.9 Å². The second-order valence-corrected chi connectivity index (χ2v) is 4.21. The van der Waals surface area contributed by atoms with Crippen LogP contribution in [0.1, 0.15) is 22.0 Å². The number of aryl methyl sites for hydroxylation is 3. The van der Waals surface area contributed by atoms with Crippen LogP contribution in [-0.4, -0.2) is 10.9 Å². The molecule has 0 fully saturated rings. The maximum atomic E-state index is 5.57. The molecule has 0 aromatic carbocycles. The molecule has 0 unspecified atom stereocenters. The molecule has 0 aliphatic heterocycles. The van der Waals surface area contributed by atoms with E-state index in [2.05, 4.69) is 18.8 Å². The molecule has 0 bridgehead atoms. The van der Waals surface area contributed by atoms with Crippen LogP contribution in [0.5, 0.6) is 0 Å². The summed E-state index contributed by atoms with van der Waals surface area (Å²) in [5, 5.41) is 1.22. The molecule has 0 aliphatic carbocycles. The van der Waals surface area contributed by atoms with Gasteiger partial charge < -0.3 is 0 Å². The van der Waals surface area contributed by atoms with Crippen molar-refractivity contribution in [2.75, 3.05) is 5.88 Å². The second kappa shape index (κ2) is 4.07. The fourth-order valence-electron chi connectivity index (χ4n) is 0.864. The van der Waals surface area contributed by atoms with Crippen molar-refractivity contribution >= 4 is 22.9 Å². The lowest BCUT2D eigenvalue weighted by Gasteiger charge is -1.88. The summed E-state index contributed by atoms with van der Waals surface area (Å²) in [6.45, 7) is 4.16. The van der Waals surface area contributed by atoms with E-state index in [1.54, 1.807) is 11.3 Å². The van der Waals surface area contributed by atoms with Crippen LogP contribution in [-0.2, 0) is 6.42 Å². The lowest BCUT2D eigenvalue weighted by atomic mass is 10.3. The van der Waals surface area contributed by atoms with Crippen LogP contribution in [0.15, 0.2) is 0 Å². The standard InChI is InChI=1S/C8H12ClNS/c1-6-7(2)11-8(10-6)4-3-5-9/h3-5H2,1-2H3. The Kier molecular flexibility index (Phi) is 3.34. The number of alkyl halides is 1. The van der Waals surface area contributed by atoms with Crippen molar-refractivity contribution in [3.05, 3.63) is 15.6 Å². The predicted molar refractivity (Wildman–Crippen MR) is 50.6 cm³/mol. The van der Waals surface area contributed by atoms with Crippen molar-refractivity contribution in [1.29, 1.82) is 0 Å². The summed E-state index contributed by atoms with van der Waals surface area (Å²) in [5.41, 5.74) is 1.17. The van der Waals surface area contributed by atoms with Crippen LogP contribution >= 0.6 is 22.9 Å². The van der Waals surface area contributed by atoms with E-state index in [4.69, 9.17) is 11.6 Å². The van der Waals surface area contributed by atoms with Crippen molar-refractivity contribution in [3.8, 4) is 0 Å². The van der Waals surface area contributed by atoms with E-state index in [0.717, 1.165) is 18.7 Å². The summed E-state index contributed by atoms with van der Waals surface area (Å²) in [6.07, 6.45) is 2.07. The first-order valence-corrected chi connectivity index (χ1v) is 5.08.